The molecule has 2 aliphatic rings. The second kappa shape index (κ2) is 6.68. The lowest BCUT2D eigenvalue weighted by molar-refractivity contribution is -0.402. The van der Waals surface area contributed by atoms with Gasteiger partial charge < -0.3 is 9.32 Å². The van der Waals surface area contributed by atoms with Crippen molar-refractivity contribution in [1.29, 1.82) is 0 Å². The van der Waals surface area contributed by atoms with E-state index in [-0.39, 0.29) is 11.3 Å². The molecule has 144 valence electrons. The van der Waals surface area contributed by atoms with Crippen LogP contribution in [0.25, 0.3) is 0 Å². The van der Waals surface area contributed by atoms with E-state index in [0.717, 1.165) is 26.2 Å². The van der Waals surface area contributed by atoms with Crippen LogP contribution in [0.2, 0.25) is 0 Å². The molecule has 0 bridgehead atoms. The summed E-state index contributed by atoms with van der Waals surface area (Å²) in [6, 6.07) is 12.2. The van der Waals surface area contributed by atoms with Gasteiger partial charge in [-0.25, -0.2) is 0 Å². The third-order valence-electron chi connectivity index (χ3n) is 5.87. The van der Waals surface area contributed by atoms with E-state index >= 15 is 0 Å². The van der Waals surface area contributed by atoms with Gasteiger partial charge in [-0.15, -0.1) is 0 Å². The largest absolute Gasteiger partial charge is 0.433 e. The highest BCUT2D eigenvalue weighted by Gasteiger charge is 2.40. The van der Waals surface area contributed by atoms with Gasteiger partial charge in [-0.3, -0.25) is 15.0 Å². The van der Waals surface area contributed by atoms with Gasteiger partial charge in [0, 0.05) is 31.9 Å². The number of hydrogen-bond acceptors (Lipinski definition) is 5. The van der Waals surface area contributed by atoms with Crippen molar-refractivity contribution in [2.45, 2.75) is 32.7 Å². The summed E-state index contributed by atoms with van der Waals surface area (Å²) in [5.74, 6) is 1.81. The van der Waals surface area contributed by atoms with E-state index in [1.165, 1.54) is 17.3 Å². The molecular formula is C21H27N3O3. The van der Waals surface area contributed by atoms with Crippen molar-refractivity contribution < 1.29 is 9.34 Å². The molecule has 2 fully saturated rings. The predicted octanol–water partition coefficient (Wildman–Crippen LogP) is 4.05. The van der Waals surface area contributed by atoms with Crippen LogP contribution in [0.15, 0.2) is 40.8 Å². The normalized spacial score (nSPS) is 23.0. The molecular weight excluding hydrogens is 342 g/mol. The molecule has 6 heteroatoms. The van der Waals surface area contributed by atoms with Crippen LogP contribution in [0.4, 0.5) is 11.6 Å². The minimum absolute atomic E-state index is 0.172. The molecule has 2 unspecified atom stereocenters. The van der Waals surface area contributed by atoms with Crippen LogP contribution >= 0.6 is 0 Å². The molecule has 0 radical (unpaired) electrons. The summed E-state index contributed by atoms with van der Waals surface area (Å²) >= 11 is 0. The van der Waals surface area contributed by atoms with Gasteiger partial charge in [0.2, 0.25) is 0 Å². The fourth-order valence-electron chi connectivity index (χ4n) is 4.37. The van der Waals surface area contributed by atoms with Crippen LogP contribution in [0.1, 0.15) is 32.1 Å². The maximum absolute atomic E-state index is 10.8. The molecule has 0 spiro atoms. The molecule has 0 N–H and O–H groups in total. The Morgan fingerprint density at radius 2 is 1.67 bits per heavy atom. The first-order chi connectivity index (χ1) is 12.8. The number of benzene rings is 1. The summed E-state index contributed by atoms with van der Waals surface area (Å²) in [6.07, 6.45) is 0. The van der Waals surface area contributed by atoms with Crippen LogP contribution in [0.3, 0.4) is 0 Å². The first-order valence-corrected chi connectivity index (χ1v) is 9.60. The van der Waals surface area contributed by atoms with Crippen molar-refractivity contribution in [2.75, 3.05) is 31.1 Å². The molecule has 0 amide bonds. The molecule has 2 aromatic rings. The van der Waals surface area contributed by atoms with Crippen molar-refractivity contribution in [3.8, 4) is 0 Å². The first-order valence-electron chi connectivity index (χ1n) is 9.60. The number of fused-ring (bicyclic) bond motifs is 1. The second-order valence-corrected chi connectivity index (χ2v) is 8.91. The van der Waals surface area contributed by atoms with Crippen molar-refractivity contribution in [3.05, 3.63) is 57.8 Å². The van der Waals surface area contributed by atoms with Gasteiger partial charge in [-0.2, -0.15) is 0 Å². The van der Waals surface area contributed by atoms with Crippen LogP contribution in [-0.4, -0.2) is 36.0 Å². The number of furan rings is 1. The summed E-state index contributed by atoms with van der Waals surface area (Å²) in [5, 5.41) is 10.8. The average molecular weight is 369 g/mol. The van der Waals surface area contributed by atoms with Gasteiger partial charge in [0.25, 0.3) is 0 Å². The van der Waals surface area contributed by atoms with E-state index in [4.69, 9.17) is 4.42 Å². The SMILES string of the molecule is CC(C)(C)c1ccc(N2CC3CN(Cc4ccc([N+](=O)[O-])o4)CC3C2)cc1. The molecule has 2 atom stereocenters. The number of nitro groups is 1. The van der Waals surface area contributed by atoms with Crippen LogP contribution in [0, 0.1) is 22.0 Å². The van der Waals surface area contributed by atoms with Gasteiger partial charge in [-0.05, 0) is 41.0 Å². The highest BCUT2D eigenvalue weighted by molar-refractivity contribution is 5.50. The number of hydrogen-bond donors (Lipinski definition) is 0. The number of rotatable bonds is 4. The van der Waals surface area contributed by atoms with Crippen molar-refractivity contribution in [3.63, 3.8) is 0 Å². The van der Waals surface area contributed by atoms with E-state index in [9.17, 15) is 10.1 Å². The van der Waals surface area contributed by atoms with Gasteiger partial charge in [0.15, 0.2) is 0 Å². The summed E-state index contributed by atoms with van der Waals surface area (Å²) in [5.41, 5.74) is 2.86. The number of anilines is 1. The zero-order chi connectivity index (χ0) is 19.2. The third-order valence-corrected chi connectivity index (χ3v) is 5.87. The molecule has 0 aliphatic carbocycles. The Kier molecular flexibility index (Phi) is 4.46. The van der Waals surface area contributed by atoms with Crippen molar-refractivity contribution >= 4 is 11.6 Å². The fraction of sp³-hybridized carbons (Fsp3) is 0.524. The van der Waals surface area contributed by atoms with Crippen LogP contribution in [0.5, 0.6) is 0 Å². The van der Waals surface area contributed by atoms with Gasteiger partial charge in [0.1, 0.15) is 10.7 Å². The topological polar surface area (TPSA) is 62.8 Å². The predicted molar refractivity (Wildman–Crippen MR) is 105 cm³/mol. The number of likely N-dealkylation sites (tertiary alicyclic amines) is 1. The summed E-state index contributed by atoms with van der Waals surface area (Å²) < 4.78 is 5.31. The molecule has 6 nitrogen and oxygen atoms in total. The lowest BCUT2D eigenvalue weighted by Gasteiger charge is -2.24. The quantitative estimate of drug-likeness (QED) is 0.601. The smallest absolute Gasteiger partial charge is 0.404 e. The maximum atomic E-state index is 10.8. The summed E-state index contributed by atoms with van der Waals surface area (Å²) in [7, 11) is 0. The van der Waals surface area contributed by atoms with Crippen LogP contribution < -0.4 is 4.90 Å². The van der Waals surface area contributed by atoms with Gasteiger partial charge in [0.05, 0.1) is 12.6 Å². The lowest BCUT2D eigenvalue weighted by atomic mass is 9.87. The monoisotopic (exact) mass is 369 g/mol. The van der Waals surface area contributed by atoms with E-state index in [1.807, 2.05) is 0 Å². The standard InChI is InChI=1S/C21H27N3O3/c1-21(2,3)17-4-6-18(7-5-17)23-12-15-10-22(11-16(15)13-23)14-19-8-9-20(27-19)24(25)26/h4-9,15-16H,10-14H2,1-3H3. The van der Waals surface area contributed by atoms with Gasteiger partial charge in [-0.1, -0.05) is 32.9 Å². The van der Waals surface area contributed by atoms with E-state index in [1.54, 1.807) is 6.07 Å². The lowest BCUT2D eigenvalue weighted by Crippen LogP contribution is -2.28. The van der Waals surface area contributed by atoms with E-state index in [2.05, 4.69) is 54.8 Å². The molecule has 1 aromatic heterocycles. The average Bonchev–Trinajstić information content (AvgIpc) is 3.29. The molecule has 0 saturated carbocycles. The summed E-state index contributed by atoms with van der Waals surface area (Å²) in [6.45, 7) is 11.6. The Morgan fingerprint density at radius 3 is 2.19 bits per heavy atom. The molecule has 3 heterocycles. The third kappa shape index (κ3) is 3.72. The Labute approximate surface area is 159 Å². The zero-order valence-electron chi connectivity index (χ0n) is 16.2. The van der Waals surface area contributed by atoms with Crippen LogP contribution in [-0.2, 0) is 12.0 Å². The maximum Gasteiger partial charge on any atom is 0.433 e. The highest BCUT2D eigenvalue weighted by atomic mass is 16.6. The fourth-order valence-corrected chi connectivity index (χ4v) is 4.37. The minimum Gasteiger partial charge on any atom is -0.404 e. The molecule has 2 saturated heterocycles. The Hall–Kier alpha value is -2.34. The van der Waals surface area contributed by atoms with Crippen molar-refractivity contribution in [1.82, 2.24) is 4.90 Å². The Bertz CT molecular complexity index is 808. The Balaban J connectivity index is 1.34. The summed E-state index contributed by atoms with van der Waals surface area (Å²) in [4.78, 5) is 15.1. The molecule has 27 heavy (non-hydrogen) atoms. The molecule has 1 aromatic carbocycles. The molecule has 4 rings (SSSR count). The second-order valence-electron chi connectivity index (χ2n) is 8.91. The van der Waals surface area contributed by atoms with Gasteiger partial charge >= 0.3 is 5.88 Å². The van der Waals surface area contributed by atoms with E-state index in [0.29, 0.717) is 24.1 Å². The highest BCUT2D eigenvalue weighted by Crippen LogP contribution is 2.35. The molecule has 2 aliphatic heterocycles. The first kappa shape index (κ1) is 18.0. The van der Waals surface area contributed by atoms with E-state index < -0.39 is 4.92 Å². The van der Waals surface area contributed by atoms with Crippen molar-refractivity contribution in [2.24, 2.45) is 11.8 Å². The number of nitrogens with zero attached hydrogens (tertiary/aromatic N) is 3. The Morgan fingerprint density at radius 1 is 1.04 bits per heavy atom. The minimum atomic E-state index is -0.481. The zero-order valence-corrected chi connectivity index (χ0v) is 16.2.